The minimum atomic E-state index is -0.554. The number of carbonyl (C=O) groups excluding carboxylic acids is 1. The molecular weight excluding hydrogens is 288 g/mol. The number of fused-ring (bicyclic) bond motifs is 1. The van der Waals surface area contributed by atoms with E-state index in [2.05, 4.69) is 4.98 Å². The molecule has 0 unspecified atom stereocenters. The number of rotatable bonds is 4. The molecule has 2 aromatic carbocycles. The molecule has 3 rings (SSSR count). The van der Waals surface area contributed by atoms with Crippen LogP contribution in [0.4, 0.5) is 5.69 Å². The number of nitro groups is 1. The second-order valence-electron chi connectivity index (χ2n) is 4.42. The van der Waals surface area contributed by atoms with E-state index in [-0.39, 0.29) is 11.3 Å². The Morgan fingerprint density at radius 2 is 1.95 bits per heavy atom. The topological polar surface area (TPSA) is 76.0 Å². The number of aldehydes is 1. The number of hydrogen-bond donors (Lipinski definition) is 1. The predicted molar refractivity (Wildman–Crippen MR) is 80.9 cm³/mol. The van der Waals surface area contributed by atoms with Gasteiger partial charge in [0.05, 0.1) is 15.5 Å². The third-order valence-electron chi connectivity index (χ3n) is 3.06. The molecule has 0 amide bonds. The maximum atomic E-state index is 11.0. The third-order valence-corrected chi connectivity index (χ3v) is 3.99. The van der Waals surface area contributed by atoms with Crippen LogP contribution in [0.25, 0.3) is 10.9 Å². The van der Waals surface area contributed by atoms with Gasteiger partial charge in [0.1, 0.15) is 0 Å². The first-order valence-corrected chi connectivity index (χ1v) is 6.98. The van der Waals surface area contributed by atoms with Gasteiger partial charge in [-0.1, -0.05) is 30.0 Å². The van der Waals surface area contributed by atoms with Crippen LogP contribution in [0.3, 0.4) is 0 Å². The molecule has 1 N–H and O–H groups in total. The molecule has 0 bridgehead atoms. The van der Waals surface area contributed by atoms with Gasteiger partial charge in [-0.25, -0.2) is 0 Å². The van der Waals surface area contributed by atoms with E-state index < -0.39 is 4.92 Å². The van der Waals surface area contributed by atoms with Crippen LogP contribution < -0.4 is 0 Å². The zero-order valence-corrected chi connectivity index (χ0v) is 11.6. The summed E-state index contributed by atoms with van der Waals surface area (Å²) in [6.45, 7) is 0. The van der Waals surface area contributed by atoms with E-state index in [1.165, 1.54) is 23.9 Å². The van der Waals surface area contributed by atoms with Crippen molar-refractivity contribution in [3.05, 3.63) is 64.2 Å². The van der Waals surface area contributed by atoms with E-state index in [4.69, 9.17) is 0 Å². The Labute approximate surface area is 124 Å². The number of para-hydroxylation sites is 1. The van der Waals surface area contributed by atoms with Gasteiger partial charge < -0.3 is 4.98 Å². The minimum Gasteiger partial charge on any atom is -0.349 e. The van der Waals surface area contributed by atoms with Crippen LogP contribution in [0.2, 0.25) is 0 Å². The van der Waals surface area contributed by atoms with Crippen LogP contribution in [0.1, 0.15) is 10.4 Å². The molecule has 0 saturated carbocycles. The largest absolute Gasteiger partial charge is 0.349 e. The van der Waals surface area contributed by atoms with Gasteiger partial charge in [0.25, 0.3) is 5.69 Å². The molecule has 0 aliphatic carbocycles. The average Bonchev–Trinajstić information content (AvgIpc) is 2.88. The van der Waals surface area contributed by atoms with Crippen LogP contribution >= 0.6 is 11.8 Å². The lowest BCUT2D eigenvalue weighted by molar-refractivity contribution is -0.385. The van der Waals surface area contributed by atoms with Gasteiger partial charge in [-0.2, -0.15) is 0 Å². The zero-order chi connectivity index (χ0) is 14.8. The number of carbonyl (C=O) groups is 1. The number of nitrogens with zero attached hydrogens (tertiary/aromatic N) is 1. The lowest BCUT2D eigenvalue weighted by atomic mass is 10.2. The molecule has 5 nitrogen and oxygen atoms in total. The first kappa shape index (κ1) is 13.4. The summed E-state index contributed by atoms with van der Waals surface area (Å²) in [5.41, 5.74) is 0.935. The highest BCUT2D eigenvalue weighted by molar-refractivity contribution is 7.99. The number of nitro benzene ring substituents is 1. The first-order valence-electron chi connectivity index (χ1n) is 6.16. The summed E-state index contributed by atoms with van der Waals surface area (Å²) < 4.78 is 0. The molecule has 0 saturated heterocycles. The Kier molecular flexibility index (Phi) is 3.45. The van der Waals surface area contributed by atoms with Gasteiger partial charge in [0, 0.05) is 21.9 Å². The smallest absolute Gasteiger partial charge is 0.279 e. The maximum Gasteiger partial charge on any atom is 0.279 e. The Balaban J connectivity index is 1.94. The quantitative estimate of drug-likeness (QED) is 0.448. The molecule has 0 aliphatic heterocycles. The average molecular weight is 298 g/mol. The Bertz CT molecular complexity index is 809. The van der Waals surface area contributed by atoms with E-state index >= 15 is 0 Å². The molecular formula is C15H10N2O3S. The SMILES string of the molecule is O=Cc1cc(Sc2cc3ccccc3[nH]2)ccc1[N+](=O)[O-]. The molecule has 1 aromatic heterocycles. The van der Waals surface area contributed by atoms with Gasteiger partial charge >= 0.3 is 0 Å². The number of hydrogen-bond acceptors (Lipinski definition) is 4. The molecule has 104 valence electrons. The second-order valence-corrected chi connectivity index (χ2v) is 5.53. The standard InChI is InChI=1S/C15H10N2O3S/c18-9-11-7-12(5-6-14(11)17(19)20)21-15-8-10-3-1-2-4-13(10)16-15/h1-9,16H. The molecule has 3 aromatic rings. The van der Waals surface area contributed by atoms with Crippen molar-refractivity contribution in [2.75, 3.05) is 0 Å². The summed E-state index contributed by atoms with van der Waals surface area (Å²) in [6, 6.07) is 14.4. The van der Waals surface area contributed by atoms with E-state index in [1.54, 1.807) is 6.07 Å². The molecule has 1 heterocycles. The van der Waals surface area contributed by atoms with Crippen molar-refractivity contribution in [3.63, 3.8) is 0 Å². The maximum absolute atomic E-state index is 11.0. The van der Waals surface area contributed by atoms with Crippen molar-refractivity contribution in [1.82, 2.24) is 4.98 Å². The number of aromatic amines is 1. The monoisotopic (exact) mass is 298 g/mol. The van der Waals surface area contributed by atoms with Crippen molar-refractivity contribution < 1.29 is 9.72 Å². The van der Waals surface area contributed by atoms with E-state index in [0.717, 1.165) is 20.8 Å². The van der Waals surface area contributed by atoms with Crippen LogP contribution in [0, 0.1) is 10.1 Å². The molecule has 6 heteroatoms. The Hall–Kier alpha value is -2.60. The van der Waals surface area contributed by atoms with Gasteiger partial charge in [-0.05, 0) is 24.3 Å². The third kappa shape index (κ3) is 2.66. The normalized spacial score (nSPS) is 10.7. The van der Waals surface area contributed by atoms with Crippen molar-refractivity contribution in [2.24, 2.45) is 0 Å². The van der Waals surface area contributed by atoms with E-state index in [9.17, 15) is 14.9 Å². The number of nitrogens with one attached hydrogen (secondary N) is 1. The molecule has 0 fully saturated rings. The number of aromatic nitrogens is 1. The van der Waals surface area contributed by atoms with Crippen molar-refractivity contribution in [3.8, 4) is 0 Å². The van der Waals surface area contributed by atoms with Crippen LogP contribution in [-0.2, 0) is 0 Å². The fourth-order valence-corrected chi connectivity index (χ4v) is 3.01. The second kappa shape index (κ2) is 5.41. The number of H-pyrrole nitrogens is 1. The summed E-state index contributed by atoms with van der Waals surface area (Å²) in [6.07, 6.45) is 0.507. The van der Waals surface area contributed by atoms with Crippen molar-refractivity contribution >= 4 is 34.6 Å². The fourth-order valence-electron chi connectivity index (χ4n) is 2.09. The van der Waals surface area contributed by atoms with Crippen molar-refractivity contribution in [2.45, 2.75) is 9.92 Å². The lowest BCUT2D eigenvalue weighted by Gasteiger charge is -2.01. The molecule has 0 atom stereocenters. The van der Waals surface area contributed by atoms with Gasteiger partial charge in [0.15, 0.2) is 6.29 Å². The summed E-state index contributed by atoms with van der Waals surface area (Å²) >= 11 is 1.43. The highest BCUT2D eigenvalue weighted by atomic mass is 32.2. The molecule has 0 spiro atoms. The Morgan fingerprint density at radius 1 is 1.14 bits per heavy atom. The number of benzene rings is 2. The molecule has 21 heavy (non-hydrogen) atoms. The van der Waals surface area contributed by atoms with Gasteiger partial charge in [-0.3, -0.25) is 14.9 Å². The highest BCUT2D eigenvalue weighted by Gasteiger charge is 2.14. The predicted octanol–water partition coefficient (Wildman–Crippen LogP) is 4.04. The molecule has 0 radical (unpaired) electrons. The fraction of sp³-hybridized carbons (Fsp3) is 0. The summed E-state index contributed by atoms with van der Waals surface area (Å²) in [5.74, 6) is 0. The van der Waals surface area contributed by atoms with Crippen molar-refractivity contribution in [1.29, 1.82) is 0 Å². The zero-order valence-electron chi connectivity index (χ0n) is 10.8. The summed E-state index contributed by atoms with van der Waals surface area (Å²) in [5, 5.41) is 12.8. The lowest BCUT2D eigenvalue weighted by Crippen LogP contribution is -1.94. The Morgan fingerprint density at radius 3 is 2.67 bits per heavy atom. The van der Waals surface area contributed by atoms with Crippen LogP contribution in [0.5, 0.6) is 0 Å². The highest BCUT2D eigenvalue weighted by Crippen LogP contribution is 2.32. The van der Waals surface area contributed by atoms with Gasteiger partial charge in [-0.15, -0.1) is 0 Å². The summed E-state index contributed by atoms with van der Waals surface area (Å²) in [4.78, 5) is 25.2. The molecule has 0 aliphatic rings. The summed E-state index contributed by atoms with van der Waals surface area (Å²) in [7, 11) is 0. The van der Waals surface area contributed by atoms with E-state index in [0.29, 0.717) is 6.29 Å². The van der Waals surface area contributed by atoms with Crippen LogP contribution in [0.15, 0.2) is 58.5 Å². The minimum absolute atomic E-state index is 0.0844. The van der Waals surface area contributed by atoms with Crippen LogP contribution in [-0.4, -0.2) is 16.2 Å². The van der Waals surface area contributed by atoms with Gasteiger partial charge in [0.2, 0.25) is 0 Å². The van der Waals surface area contributed by atoms with E-state index in [1.807, 2.05) is 30.3 Å². The first-order chi connectivity index (χ1) is 10.2.